The third kappa shape index (κ3) is 6.09. The van der Waals surface area contributed by atoms with Crippen molar-refractivity contribution < 1.29 is 4.79 Å². The van der Waals surface area contributed by atoms with E-state index < -0.39 is 6.17 Å². The summed E-state index contributed by atoms with van der Waals surface area (Å²) in [5, 5.41) is 11.3. The maximum atomic E-state index is 12.9. The number of halogens is 1. The van der Waals surface area contributed by atoms with Crippen LogP contribution in [0.3, 0.4) is 0 Å². The average Bonchev–Trinajstić information content (AvgIpc) is 3.80. The monoisotopic (exact) mass is 646 g/mol. The van der Waals surface area contributed by atoms with Crippen LogP contribution in [0.2, 0.25) is 5.15 Å². The van der Waals surface area contributed by atoms with Gasteiger partial charge in [-0.05, 0) is 36.1 Å². The lowest BCUT2D eigenvalue weighted by Gasteiger charge is -2.24. The van der Waals surface area contributed by atoms with Gasteiger partial charge in [0.1, 0.15) is 11.3 Å². The van der Waals surface area contributed by atoms with E-state index in [2.05, 4.69) is 54.8 Å². The number of hydrazine groups is 1. The summed E-state index contributed by atoms with van der Waals surface area (Å²) in [6.45, 7) is 1.40. The molecule has 8 rings (SSSR count). The van der Waals surface area contributed by atoms with E-state index in [1.165, 1.54) is 21.0 Å². The van der Waals surface area contributed by atoms with Gasteiger partial charge < -0.3 is 11.5 Å². The van der Waals surface area contributed by atoms with Crippen LogP contribution in [0.4, 0.5) is 22.2 Å². The Hall–Kier alpha value is -5.79. The first-order valence-corrected chi connectivity index (χ1v) is 15.4. The number of aliphatic imine (C=N–C) groups is 1. The highest BCUT2D eigenvalue weighted by molar-refractivity contribution is 6.34. The van der Waals surface area contributed by atoms with Gasteiger partial charge in [0.15, 0.2) is 11.5 Å². The molecule has 0 aliphatic carbocycles. The van der Waals surface area contributed by atoms with Crippen molar-refractivity contribution in [3.63, 3.8) is 0 Å². The average molecular weight is 647 g/mol. The number of aryl methyl sites for hydroxylation is 4. The van der Waals surface area contributed by atoms with Crippen LogP contribution < -0.4 is 21.9 Å². The summed E-state index contributed by atoms with van der Waals surface area (Å²) in [6, 6.07) is 29.6. The van der Waals surface area contributed by atoms with Crippen molar-refractivity contribution in [2.45, 2.75) is 32.1 Å². The number of nitrogen functional groups attached to an aromatic ring is 1. The Morgan fingerprint density at radius 2 is 1.36 bits per heavy atom. The van der Waals surface area contributed by atoms with Gasteiger partial charge in [0.05, 0.1) is 29.0 Å². The maximum absolute atomic E-state index is 12.9. The number of anilines is 2. The smallest absolute Gasteiger partial charge is 0.347 e. The van der Waals surface area contributed by atoms with Gasteiger partial charge in [-0.15, -0.1) is 0 Å². The minimum Gasteiger partial charge on any atom is -0.369 e. The highest BCUT2D eigenvalue weighted by atomic mass is 35.5. The number of fused-ring (bicyclic) bond motifs is 4. The third-order valence-electron chi connectivity index (χ3n) is 7.90. The zero-order valence-electron chi connectivity index (χ0n) is 25.2. The van der Waals surface area contributed by atoms with Gasteiger partial charge in [-0.3, -0.25) is 0 Å². The maximum Gasteiger partial charge on any atom is 0.347 e. The Morgan fingerprint density at radius 3 is 2.02 bits per heavy atom. The number of aromatic nitrogens is 6. The van der Waals surface area contributed by atoms with E-state index in [1.807, 2.05) is 71.4 Å². The van der Waals surface area contributed by atoms with Gasteiger partial charge in [-0.2, -0.15) is 25.6 Å². The van der Waals surface area contributed by atoms with Gasteiger partial charge in [0.2, 0.25) is 11.9 Å². The molecule has 2 amide bonds. The van der Waals surface area contributed by atoms with Crippen LogP contribution in [0.5, 0.6) is 0 Å². The molecular weight excluding hydrogens is 616 g/mol. The third-order valence-corrected chi connectivity index (χ3v) is 8.19. The molecule has 236 valence electrons. The highest BCUT2D eigenvalue weighted by Gasteiger charge is 2.45. The molecule has 1 atom stereocenters. The number of guanidine groups is 1. The van der Waals surface area contributed by atoms with Gasteiger partial charge in [-0.1, -0.05) is 90.5 Å². The predicted octanol–water partition coefficient (Wildman–Crippen LogP) is 4.84. The fourth-order valence-corrected chi connectivity index (χ4v) is 5.77. The Bertz CT molecular complexity index is 2050. The van der Waals surface area contributed by atoms with Gasteiger partial charge >= 0.3 is 6.03 Å². The lowest BCUT2D eigenvalue weighted by molar-refractivity contribution is 0.230. The fraction of sp³-hybridized carbons (Fsp3) is 0.152. The summed E-state index contributed by atoms with van der Waals surface area (Å²) in [7, 11) is 0. The molecule has 1 fully saturated rings. The van der Waals surface area contributed by atoms with E-state index in [-0.39, 0.29) is 17.9 Å². The van der Waals surface area contributed by atoms with Crippen LogP contribution in [0.1, 0.15) is 22.9 Å². The Labute approximate surface area is 275 Å². The number of amides is 2. The normalized spacial score (nSPS) is 15.2. The van der Waals surface area contributed by atoms with Crippen LogP contribution in [-0.2, 0) is 25.9 Å². The molecular formula is C33H31ClN12O. The summed E-state index contributed by atoms with van der Waals surface area (Å²) < 4.78 is 3.64. The topological polar surface area (TPSA) is 161 Å². The van der Waals surface area contributed by atoms with Crippen LogP contribution in [0.25, 0.3) is 11.0 Å². The first-order chi connectivity index (χ1) is 23.0. The second-order valence-corrected chi connectivity index (χ2v) is 11.3. The molecule has 1 saturated heterocycles. The number of para-hydroxylation sites is 1. The van der Waals surface area contributed by atoms with Crippen molar-refractivity contribution in [3.8, 4) is 0 Å². The number of nitrogens with one attached hydrogen (secondary N) is 1. The molecule has 1 unspecified atom stereocenters. The van der Waals surface area contributed by atoms with Crippen molar-refractivity contribution >= 4 is 52.1 Å². The van der Waals surface area contributed by atoms with E-state index in [9.17, 15) is 4.79 Å². The summed E-state index contributed by atoms with van der Waals surface area (Å²) >= 11 is 6.01. The molecule has 2 aliphatic rings. The van der Waals surface area contributed by atoms with Crippen molar-refractivity contribution in [1.29, 1.82) is 0 Å². The predicted molar refractivity (Wildman–Crippen MR) is 181 cm³/mol. The molecule has 2 aliphatic heterocycles. The van der Waals surface area contributed by atoms with Gasteiger partial charge in [0, 0.05) is 13.1 Å². The number of nitrogens with zero attached hydrogens (tertiary/aromatic N) is 9. The second kappa shape index (κ2) is 12.9. The van der Waals surface area contributed by atoms with Crippen LogP contribution in [0, 0.1) is 0 Å². The number of nitrogens with two attached hydrogens (primary N) is 2. The molecule has 3 aromatic carbocycles. The summed E-state index contributed by atoms with van der Waals surface area (Å²) in [5.41, 5.74) is 19.7. The lowest BCUT2D eigenvalue weighted by Crippen LogP contribution is -2.43. The molecule has 6 aromatic rings. The van der Waals surface area contributed by atoms with E-state index in [4.69, 9.17) is 23.1 Å². The van der Waals surface area contributed by atoms with Crippen molar-refractivity contribution in [1.82, 2.24) is 39.9 Å². The number of hydrogen-bond acceptors (Lipinski definition) is 9. The first-order valence-electron chi connectivity index (χ1n) is 15.0. The van der Waals surface area contributed by atoms with E-state index in [1.54, 1.807) is 17.1 Å². The standard InChI is InChI=1S/C20H19N7O.C13H12ClN5/c21-19-23-17-16(13-22-25(17)12-11-14-7-3-1-4-8-14)18-24-27(20(28)26(18)19)15-9-5-2-6-10-15;14-11-10-8-16-19(12(10)18-13(15)17-11)7-6-9-4-2-1-3-5-9/h1-10,13,18,24H,11-12H2,(H2,21,23);1-5,8H,6-7H2,(H2,15,17,18). The number of hydrogen-bond donors (Lipinski definition) is 3. The number of benzene rings is 3. The lowest BCUT2D eigenvalue weighted by atomic mass is 10.1. The van der Waals surface area contributed by atoms with E-state index in [0.717, 1.165) is 36.0 Å². The fourth-order valence-electron chi connectivity index (χ4n) is 5.55. The number of urea groups is 1. The van der Waals surface area contributed by atoms with Crippen LogP contribution in [0.15, 0.2) is 108 Å². The minimum absolute atomic E-state index is 0.162. The SMILES string of the molecule is NC1=Nc2c(cnn2CCc2ccccc2)C2NN(c3ccccc3)C(=O)N12.Nc1nc(Cl)c2cnn(CCc3ccccc3)c2n1. The summed E-state index contributed by atoms with van der Waals surface area (Å²) in [4.78, 5) is 26.9. The first kappa shape index (κ1) is 29.9. The molecule has 5 N–H and O–H groups in total. The molecule has 3 aromatic heterocycles. The van der Waals surface area contributed by atoms with Crippen molar-refractivity contribution in [3.05, 3.63) is 125 Å². The van der Waals surface area contributed by atoms with Crippen LogP contribution >= 0.6 is 11.6 Å². The molecule has 0 saturated carbocycles. The van der Waals surface area contributed by atoms with E-state index >= 15 is 0 Å². The zero-order valence-corrected chi connectivity index (χ0v) is 25.9. The largest absolute Gasteiger partial charge is 0.369 e. The molecule has 13 nitrogen and oxygen atoms in total. The molecule has 0 bridgehead atoms. The molecule has 0 spiro atoms. The van der Waals surface area contributed by atoms with Crippen molar-refractivity contribution in [2.75, 3.05) is 10.7 Å². The quantitative estimate of drug-likeness (QED) is 0.208. The van der Waals surface area contributed by atoms with E-state index in [0.29, 0.717) is 23.2 Å². The zero-order chi connectivity index (χ0) is 32.3. The van der Waals surface area contributed by atoms with Crippen molar-refractivity contribution in [2.24, 2.45) is 10.7 Å². The Kier molecular flexibility index (Phi) is 8.21. The van der Waals surface area contributed by atoms with Gasteiger partial charge in [-0.25, -0.2) is 29.1 Å². The summed E-state index contributed by atoms with van der Waals surface area (Å²) in [6.07, 6.45) is 4.70. The highest BCUT2D eigenvalue weighted by Crippen LogP contribution is 2.37. The molecule has 47 heavy (non-hydrogen) atoms. The van der Waals surface area contributed by atoms with Gasteiger partial charge in [0.25, 0.3) is 0 Å². The second-order valence-electron chi connectivity index (χ2n) is 10.9. The number of carbonyl (C=O) groups excluding carboxylic acids is 1. The molecule has 14 heteroatoms. The molecule has 5 heterocycles. The molecule has 0 radical (unpaired) electrons. The number of carbonyl (C=O) groups is 1. The minimum atomic E-state index is -0.425. The summed E-state index contributed by atoms with van der Waals surface area (Å²) in [5.74, 6) is 1.01. The van der Waals surface area contributed by atoms with Crippen LogP contribution in [-0.4, -0.2) is 46.4 Å². The number of rotatable bonds is 7. The Morgan fingerprint density at radius 1 is 0.766 bits per heavy atom. The Balaban J connectivity index is 0.000000161.